The number of benzene rings is 2. The van der Waals surface area contributed by atoms with Gasteiger partial charge in [-0.1, -0.05) is 36.4 Å². The summed E-state index contributed by atoms with van der Waals surface area (Å²) < 4.78 is 1.79. The Hall–Kier alpha value is -3.47. The lowest BCUT2D eigenvalue weighted by Gasteiger charge is -2.06. The zero-order chi connectivity index (χ0) is 19.0. The van der Waals surface area contributed by atoms with Crippen LogP contribution in [0.5, 0.6) is 0 Å². The summed E-state index contributed by atoms with van der Waals surface area (Å²) in [4.78, 5) is 9.63. The predicted molar refractivity (Wildman–Crippen MR) is 111 cm³/mol. The van der Waals surface area contributed by atoms with Gasteiger partial charge < -0.3 is 5.73 Å². The van der Waals surface area contributed by atoms with Crippen LogP contribution in [0.2, 0.25) is 0 Å². The summed E-state index contributed by atoms with van der Waals surface area (Å²) in [6.07, 6.45) is 2.03. The van der Waals surface area contributed by atoms with E-state index in [4.69, 9.17) is 15.7 Å². The first kappa shape index (κ1) is 17.0. The molecule has 3 aromatic rings. The molecule has 0 bridgehead atoms. The van der Waals surface area contributed by atoms with Gasteiger partial charge in [0.2, 0.25) is 0 Å². The highest BCUT2D eigenvalue weighted by atomic mass is 15.4. The fraction of sp³-hybridized carbons (Fsp3) is 0.136. The Morgan fingerprint density at radius 1 is 0.926 bits per heavy atom. The Morgan fingerprint density at radius 2 is 1.67 bits per heavy atom. The second-order valence-electron chi connectivity index (χ2n) is 6.72. The van der Waals surface area contributed by atoms with Crippen LogP contribution in [0.1, 0.15) is 28.1 Å². The van der Waals surface area contributed by atoms with E-state index in [0.717, 1.165) is 45.2 Å². The van der Waals surface area contributed by atoms with Crippen molar-refractivity contribution in [1.29, 1.82) is 0 Å². The summed E-state index contributed by atoms with van der Waals surface area (Å²) in [5, 5.41) is 4.53. The van der Waals surface area contributed by atoms with E-state index in [-0.39, 0.29) is 0 Å². The van der Waals surface area contributed by atoms with Crippen LogP contribution in [0.4, 0.5) is 5.69 Å². The maximum atomic E-state index is 5.81. The molecule has 2 aromatic carbocycles. The fourth-order valence-electron chi connectivity index (χ4n) is 3.16. The first-order chi connectivity index (χ1) is 13.0. The van der Waals surface area contributed by atoms with Gasteiger partial charge in [-0.15, -0.1) is 0 Å². The molecule has 0 amide bonds. The van der Waals surface area contributed by atoms with Gasteiger partial charge in [-0.2, -0.15) is 5.10 Å². The molecule has 134 valence electrons. The fourth-order valence-corrected chi connectivity index (χ4v) is 3.16. The Labute approximate surface area is 158 Å². The predicted octanol–water partition coefficient (Wildman–Crippen LogP) is 4.14. The Bertz CT molecular complexity index is 1100. The van der Waals surface area contributed by atoms with E-state index in [1.54, 1.807) is 4.68 Å². The van der Waals surface area contributed by atoms with Gasteiger partial charge in [-0.3, -0.25) is 0 Å². The Kier molecular flexibility index (Phi) is 4.20. The van der Waals surface area contributed by atoms with E-state index in [1.807, 2.05) is 62.4 Å². The minimum absolute atomic E-state index is 0.584. The van der Waals surface area contributed by atoms with E-state index in [1.165, 1.54) is 0 Å². The number of hydrogen-bond donors (Lipinski definition) is 1. The second-order valence-corrected chi connectivity index (χ2v) is 6.72. The van der Waals surface area contributed by atoms with E-state index < -0.39 is 0 Å². The van der Waals surface area contributed by atoms with Gasteiger partial charge in [0.15, 0.2) is 0 Å². The van der Waals surface area contributed by atoms with E-state index >= 15 is 0 Å². The molecule has 1 aromatic heterocycles. The third-order valence-electron chi connectivity index (χ3n) is 4.51. The van der Waals surface area contributed by atoms with Crippen molar-refractivity contribution in [2.24, 2.45) is 9.98 Å². The zero-order valence-electron chi connectivity index (χ0n) is 15.6. The van der Waals surface area contributed by atoms with E-state index in [2.05, 4.69) is 24.2 Å². The summed E-state index contributed by atoms with van der Waals surface area (Å²) in [7, 11) is 0. The van der Waals surface area contributed by atoms with Crippen molar-refractivity contribution < 1.29 is 0 Å². The number of anilines is 1. The van der Waals surface area contributed by atoms with E-state index in [0.29, 0.717) is 5.96 Å². The number of hydrogen-bond acceptors (Lipinski definition) is 4. The molecule has 0 aliphatic carbocycles. The number of aliphatic imine (C=N–C) groups is 2. The molecule has 1 aliphatic heterocycles. The van der Waals surface area contributed by atoms with Gasteiger partial charge in [0.25, 0.3) is 5.96 Å². The van der Waals surface area contributed by atoms with Crippen LogP contribution in [0, 0.1) is 20.8 Å². The highest BCUT2D eigenvalue weighted by Gasteiger charge is 2.22. The number of nitrogen functional groups attached to an aromatic ring is 1. The molecule has 0 atom stereocenters. The number of allylic oxidation sites excluding steroid dienone is 1. The molecule has 2 N–H and O–H groups in total. The molecule has 0 fully saturated rings. The summed E-state index contributed by atoms with van der Waals surface area (Å²) >= 11 is 0. The van der Waals surface area contributed by atoms with Gasteiger partial charge in [0.1, 0.15) is 5.71 Å². The minimum Gasteiger partial charge on any atom is -0.399 e. The van der Waals surface area contributed by atoms with Gasteiger partial charge in [0, 0.05) is 16.9 Å². The molecule has 1 aliphatic rings. The van der Waals surface area contributed by atoms with Gasteiger partial charge >= 0.3 is 0 Å². The first-order valence-electron chi connectivity index (χ1n) is 8.86. The summed E-state index contributed by atoms with van der Waals surface area (Å²) in [5.41, 5.74) is 13.4. The monoisotopic (exact) mass is 355 g/mol. The quantitative estimate of drug-likeness (QED) is 0.702. The molecule has 0 saturated carbocycles. The first-order valence-corrected chi connectivity index (χ1v) is 8.86. The minimum atomic E-state index is 0.584. The highest BCUT2D eigenvalue weighted by Crippen LogP contribution is 2.23. The zero-order valence-corrected chi connectivity index (χ0v) is 15.6. The number of nitrogens with zero attached hydrogens (tertiary/aromatic N) is 4. The van der Waals surface area contributed by atoms with E-state index in [9.17, 15) is 0 Å². The molecular weight excluding hydrogens is 334 g/mol. The summed E-state index contributed by atoms with van der Waals surface area (Å²) in [6.45, 7) is 6.06. The molecule has 0 radical (unpaired) electrons. The molecule has 2 heterocycles. The van der Waals surface area contributed by atoms with Crippen molar-refractivity contribution in [2.75, 3.05) is 5.73 Å². The van der Waals surface area contributed by atoms with Crippen molar-refractivity contribution in [2.45, 2.75) is 20.8 Å². The van der Waals surface area contributed by atoms with Crippen LogP contribution in [0.15, 0.2) is 70.3 Å². The summed E-state index contributed by atoms with van der Waals surface area (Å²) in [6, 6.07) is 18.0. The van der Waals surface area contributed by atoms with Crippen LogP contribution in [-0.2, 0) is 0 Å². The molecular formula is C22H21N5. The lowest BCUT2D eigenvalue weighted by atomic mass is 10.0. The molecule has 27 heavy (non-hydrogen) atoms. The summed E-state index contributed by atoms with van der Waals surface area (Å²) in [5.74, 6) is 0.584. The van der Waals surface area contributed by atoms with Crippen LogP contribution in [0.3, 0.4) is 0 Å². The number of nitrogens with two attached hydrogens (primary N) is 1. The van der Waals surface area contributed by atoms with Crippen molar-refractivity contribution >= 4 is 23.4 Å². The van der Waals surface area contributed by atoms with Crippen LogP contribution < -0.4 is 5.73 Å². The van der Waals surface area contributed by atoms with Crippen LogP contribution in [-0.4, -0.2) is 21.5 Å². The smallest absolute Gasteiger partial charge is 0.252 e. The topological polar surface area (TPSA) is 68.6 Å². The van der Waals surface area contributed by atoms with Gasteiger partial charge in [0.05, 0.1) is 11.4 Å². The van der Waals surface area contributed by atoms with Crippen LogP contribution in [0.25, 0.3) is 6.08 Å². The third-order valence-corrected chi connectivity index (χ3v) is 4.51. The maximum absolute atomic E-state index is 5.81. The lowest BCUT2D eigenvalue weighted by Crippen LogP contribution is -2.11. The standard InChI is InChI=1S/C22H21N5/c1-14-6-4-5-7-19(14)21-20(13-17-8-10-18(23)11-9-17)24-22(25-21)27-16(3)12-15(2)26-27/h4-13H,23H2,1-3H3/b20-13+. The Morgan fingerprint density at radius 3 is 2.33 bits per heavy atom. The largest absolute Gasteiger partial charge is 0.399 e. The lowest BCUT2D eigenvalue weighted by molar-refractivity contribution is 0.873. The van der Waals surface area contributed by atoms with Crippen molar-refractivity contribution in [3.8, 4) is 0 Å². The average Bonchev–Trinajstić information content (AvgIpc) is 3.20. The van der Waals surface area contributed by atoms with Crippen molar-refractivity contribution in [1.82, 2.24) is 9.78 Å². The normalized spacial score (nSPS) is 15.1. The highest BCUT2D eigenvalue weighted by molar-refractivity contribution is 6.23. The molecule has 0 unspecified atom stereocenters. The molecule has 0 saturated heterocycles. The third kappa shape index (κ3) is 3.31. The number of aromatic nitrogens is 2. The molecule has 4 rings (SSSR count). The average molecular weight is 355 g/mol. The maximum Gasteiger partial charge on any atom is 0.252 e. The molecule has 5 nitrogen and oxygen atoms in total. The Balaban J connectivity index is 1.85. The molecule has 0 spiro atoms. The second kappa shape index (κ2) is 6.68. The van der Waals surface area contributed by atoms with Gasteiger partial charge in [-0.25, -0.2) is 14.7 Å². The van der Waals surface area contributed by atoms with Crippen LogP contribution >= 0.6 is 0 Å². The number of rotatable bonds is 2. The van der Waals surface area contributed by atoms with Gasteiger partial charge in [-0.05, 0) is 56.2 Å². The van der Waals surface area contributed by atoms with Crippen molar-refractivity contribution in [3.05, 3.63) is 88.4 Å². The number of aryl methyl sites for hydroxylation is 3. The SMILES string of the molecule is Cc1cc(C)n(C2=N/C(=C/c3ccc(N)cc3)C(c3ccccc3C)=N2)n1. The molecule has 5 heteroatoms. The van der Waals surface area contributed by atoms with Crippen molar-refractivity contribution in [3.63, 3.8) is 0 Å².